The van der Waals surface area contributed by atoms with E-state index < -0.39 is 0 Å². The molecule has 7 nitrogen and oxygen atoms in total. The maximum absolute atomic E-state index is 11.5. The Morgan fingerprint density at radius 2 is 2.21 bits per heavy atom. The predicted octanol–water partition coefficient (Wildman–Crippen LogP) is 0.529. The molecule has 0 aliphatic heterocycles. The number of aromatic nitrogens is 4. The van der Waals surface area contributed by atoms with Crippen molar-refractivity contribution in [2.45, 2.75) is 51.2 Å². The summed E-state index contributed by atoms with van der Waals surface area (Å²) in [6.07, 6.45) is 8.99. The molecule has 0 unspecified atom stereocenters. The van der Waals surface area contributed by atoms with Crippen molar-refractivity contribution in [1.29, 1.82) is 0 Å². The number of hydrogen-bond donors (Lipinski definition) is 1. The number of rotatable bonds is 7. The van der Waals surface area contributed by atoms with Gasteiger partial charge in [0.05, 0.1) is 6.10 Å². The van der Waals surface area contributed by atoms with Crippen LogP contribution >= 0.6 is 0 Å². The van der Waals surface area contributed by atoms with Crippen LogP contribution in [-0.4, -0.2) is 45.4 Å². The molecule has 1 saturated carbocycles. The fourth-order valence-corrected chi connectivity index (χ4v) is 2.24. The third-order valence-corrected chi connectivity index (χ3v) is 3.25. The van der Waals surface area contributed by atoms with Gasteiger partial charge < -0.3 is 10.1 Å². The summed E-state index contributed by atoms with van der Waals surface area (Å²) in [5.41, 5.74) is 0. The Morgan fingerprint density at radius 1 is 1.37 bits per heavy atom. The summed E-state index contributed by atoms with van der Waals surface area (Å²) < 4.78 is 7.18. The number of carbonyl (C=O) groups is 1. The molecule has 1 aromatic heterocycles. The molecular formula is C12H21N5O2. The molecule has 1 aliphatic carbocycles. The molecule has 0 bridgehead atoms. The molecule has 0 radical (unpaired) electrons. The van der Waals surface area contributed by atoms with Gasteiger partial charge in [0.2, 0.25) is 5.91 Å². The van der Waals surface area contributed by atoms with Crippen LogP contribution in [0.25, 0.3) is 0 Å². The monoisotopic (exact) mass is 267 g/mol. The second-order valence-corrected chi connectivity index (χ2v) is 4.84. The van der Waals surface area contributed by atoms with E-state index in [1.54, 1.807) is 0 Å². The highest BCUT2D eigenvalue weighted by Gasteiger charge is 2.13. The van der Waals surface area contributed by atoms with Crippen LogP contribution in [0.1, 0.15) is 38.5 Å². The highest BCUT2D eigenvalue weighted by atomic mass is 16.5. The van der Waals surface area contributed by atoms with Gasteiger partial charge in [-0.2, -0.15) is 0 Å². The van der Waals surface area contributed by atoms with E-state index in [0.717, 1.165) is 13.0 Å². The first-order chi connectivity index (χ1) is 9.34. The highest BCUT2D eigenvalue weighted by molar-refractivity contribution is 5.75. The summed E-state index contributed by atoms with van der Waals surface area (Å²) in [7, 11) is 0. The van der Waals surface area contributed by atoms with Crippen LogP contribution in [0.2, 0.25) is 0 Å². The SMILES string of the molecule is O=C(Cn1cnnn1)NCCCOC1CCCCC1. The molecule has 19 heavy (non-hydrogen) atoms. The number of amides is 1. The van der Waals surface area contributed by atoms with Crippen LogP contribution < -0.4 is 5.32 Å². The van der Waals surface area contributed by atoms with E-state index in [1.807, 2.05) is 0 Å². The second-order valence-electron chi connectivity index (χ2n) is 4.84. The fraction of sp³-hybridized carbons (Fsp3) is 0.833. The number of hydrogen-bond acceptors (Lipinski definition) is 5. The van der Waals surface area contributed by atoms with Gasteiger partial charge in [-0.25, -0.2) is 4.68 Å². The van der Waals surface area contributed by atoms with Gasteiger partial charge in [-0.3, -0.25) is 4.79 Å². The van der Waals surface area contributed by atoms with Crippen molar-refractivity contribution in [2.24, 2.45) is 0 Å². The minimum absolute atomic E-state index is 0.0787. The Labute approximate surface area is 112 Å². The van der Waals surface area contributed by atoms with Crippen LogP contribution in [0.5, 0.6) is 0 Å². The van der Waals surface area contributed by atoms with Crippen molar-refractivity contribution in [2.75, 3.05) is 13.2 Å². The normalized spacial score (nSPS) is 16.4. The Balaban J connectivity index is 1.48. The lowest BCUT2D eigenvalue weighted by molar-refractivity contribution is -0.121. The molecule has 0 saturated heterocycles. The summed E-state index contributed by atoms with van der Waals surface area (Å²) in [5, 5.41) is 13.4. The van der Waals surface area contributed by atoms with Gasteiger partial charge in [-0.15, -0.1) is 5.10 Å². The van der Waals surface area contributed by atoms with Gasteiger partial charge in [-0.05, 0) is 29.7 Å². The zero-order valence-electron chi connectivity index (χ0n) is 11.1. The summed E-state index contributed by atoms with van der Waals surface area (Å²) in [5.74, 6) is -0.0787. The first kappa shape index (κ1) is 13.9. The molecule has 1 fully saturated rings. The molecule has 1 N–H and O–H groups in total. The third-order valence-electron chi connectivity index (χ3n) is 3.25. The topological polar surface area (TPSA) is 81.9 Å². The summed E-state index contributed by atoms with van der Waals surface area (Å²) in [6.45, 7) is 1.51. The first-order valence-electron chi connectivity index (χ1n) is 6.93. The number of nitrogens with zero attached hydrogens (tertiary/aromatic N) is 4. The highest BCUT2D eigenvalue weighted by Crippen LogP contribution is 2.20. The van der Waals surface area contributed by atoms with Crippen LogP contribution in [0.3, 0.4) is 0 Å². The third kappa shape index (κ3) is 5.34. The zero-order chi connectivity index (χ0) is 13.3. The van der Waals surface area contributed by atoms with Crippen molar-refractivity contribution in [1.82, 2.24) is 25.5 Å². The van der Waals surface area contributed by atoms with E-state index in [1.165, 1.54) is 43.1 Å². The van der Waals surface area contributed by atoms with E-state index in [9.17, 15) is 4.79 Å². The van der Waals surface area contributed by atoms with Gasteiger partial charge in [0, 0.05) is 13.2 Å². The molecule has 1 heterocycles. The summed E-state index contributed by atoms with van der Waals surface area (Å²) in [6, 6.07) is 0. The maximum atomic E-state index is 11.5. The lowest BCUT2D eigenvalue weighted by Gasteiger charge is -2.21. The van der Waals surface area contributed by atoms with Crippen LogP contribution in [0.4, 0.5) is 0 Å². The summed E-state index contributed by atoms with van der Waals surface area (Å²) >= 11 is 0. The Kier molecular flexibility index (Phi) is 5.74. The van der Waals surface area contributed by atoms with Crippen molar-refractivity contribution in [3.05, 3.63) is 6.33 Å². The molecular weight excluding hydrogens is 246 g/mol. The van der Waals surface area contributed by atoms with Gasteiger partial charge in [0.15, 0.2) is 0 Å². The number of tetrazole rings is 1. The minimum Gasteiger partial charge on any atom is -0.378 e. The molecule has 0 atom stereocenters. The quantitative estimate of drug-likeness (QED) is 0.729. The number of nitrogens with one attached hydrogen (secondary N) is 1. The molecule has 2 rings (SSSR count). The van der Waals surface area contributed by atoms with E-state index in [4.69, 9.17) is 4.74 Å². The molecule has 7 heteroatoms. The Morgan fingerprint density at radius 3 is 2.95 bits per heavy atom. The minimum atomic E-state index is -0.0787. The molecule has 0 spiro atoms. The lowest BCUT2D eigenvalue weighted by atomic mass is 9.98. The fourth-order valence-electron chi connectivity index (χ4n) is 2.24. The van der Waals surface area contributed by atoms with Crippen molar-refractivity contribution in [3.8, 4) is 0 Å². The van der Waals surface area contributed by atoms with Gasteiger partial charge in [0.1, 0.15) is 12.9 Å². The van der Waals surface area contributed by atoms with E-state index in [0.29, 0.717) is 12.6 Å². The van der Waals surface area contributed by atoms with Crippen molar-refractivity contribution < 1.29 is 9.53 Å². The first-order valence-corrected chi connectivity index (χ1v) is 6.93. The average molecular weight is 267 g/mol. The lowest BCUT2D eigenvalue weighted by Crippen LogP contribution is -2.29. The number of carbonyl (C=O) groups excluding carboxylic acids is 1. The maximum Gasteiger partial charge on any atom is 0.241 e. The zero-order valence-corrected chi connectivity index (χ0v) is 11.1. The molecule has 106 valence electrons. The van der Waals surface area contributed by atoms with Crippen LogP contribution in [0.15, 0.2) is 6.33 Å². The second kappa shape index (κ2) is 7.83. The van der Waals surface area contributed by atoms with E-state index in [2.05, 4.69) is 20.8 Å². The Hall–Kier alpha value is -1.50. The van der Waals surface area contributed by atoms with Gasteiger partial charge in [0.25, 0.3) is 0 Å². The predicted molar refractivity (Wildman–Crippen MR) is 68.3 cm³/mol. The average Bonchev–Trinajstić information content (AvgIpc) is 2.92. The smallest absolute Gasteiger partial charge is 0.241 e. The van der Waals surface area contributed by atoms with Gasteiger partial charge >= 0.3 is 0 Å². The Bertz CT molecular complexity index is 362. The van der Waals surface area contributed by atoms with E-state index >= 15 is 0 Å². The standard InChI is InChI=1S/C12H21N5O2/c18-12(9-17-10-14-15-16-17)13-7-4-8-19-11-5-2-1-3-6-11/h10-11H,1-9H2,(H,13,18). The molecule has 0 aromatic carbocycles. The largest absolute Gasteiger partial charge is 0.378 e. The summed E-state index contributed by atoms with van der Waals surface area (Å²) in [4.78, 5) is 11.5. The molecule has 1 aromatic rings. The van der Waals surface area contributed by atoms with Crippen LogP contribution in [0, 0.1) is 0 Å². The van der Waals surface area contributed by atoms with Crippen LogP contribution in [-0.2, 0) is 16.1 Å². The van der Waals surface area contributed by atoms with Crippen molar-refractivity contribution in [3.63, 3.8) is 0 Å². The molecule has 1 aliphatic rings. The number of ether oxygens (including phenoxy) is 1. The van der Waals surface area contributed by atoms with Crippen molar-refractivity contribution >= 4 is 5.91 Å². The van der Waals surface area contributed by atoms with E-state index in [-0.39, 0.29) is 12.5 Å². The molecule has 1 amide bonds. The van der Waals surface area contributed by atoms with Gasteiger partial charge in [-0.1, -0.05) is 19.3 Å².